The minimum atomic E-state index is -3.98. The summed E-state index contributed by atoms with van der Waals surface area (Å²) in [5.41, 5.74) is 0. The number of hydrogen-bond acceptors (Lipinski definition) is 4. The number of phosphoric acid groups is 1. The zero-order valence-electron chi connectivity index (χ0n) is 7.08. The molecule has 5 nitrogen and oxygen atoms in total. The topological polar surface area (TPSA) is 68.7 Å². The van der Waals surface area contributed by atoms with Crippen molar-refractivity contribution in [1.29, 1.82) is 0 Å². The van der Waals surface area contributed by atoms with Gasteiger partial charge in [0.25, 0.3) is 0 Å². The molecule has 0 aromatic carbocycles. The first-order valence-corrected chi connectivity index (χ1v) is 5.21. The second-order valence-corrected chi connectivity index (χ2v) is 3.52. The zero-order valence-corrected chi connectivity index (χ0v) is 7.98. The highest BCUT2D eigenvalue weighted by Gasteiger charge is 2.21. The van der Waals surface area contributed by atoms with Crippen LogP contribution in [0.25, 0.3) is 0 Å². The Hall–Kier alpha value is -0.900. The SMILES string of the molecule is CCOP(=O)(O)Oc1ccccn1. The van der Waals surface area contributed by atoms with Crippen LogP contribution in [0.3, 0.4) is 0 Å². The van der Waals surface area contributed by atoms with Crippen LogP contribution in [-0.2, 0) is 9.09 Å². The summed E-state index contributed by atoms with van der Waals surface area (Å²) in [6.45, 7) is 1.71. The summed E-state index contributed by atoms with van der Waals surface area (Å²) in [7, 11) is -3.98. The van der Waals surface area contributed by atoms with E-state index in [1.54, 1.807) is 19.1 Å². The second-order valence-electron chi connectivity index (χ2n) is 2.15. The van der Waals surface area contributed by atoms with E-state index in [2.05, 4.69) is 14.0 Å². The van der Waals surface area contributed by atoms with Crippen LogP contribution in [0.15, 0.2) is 24.4 Å². The standard InChI is InChI=1S/C7H10NO4P/c1-2-11-13(9,10)12-7-5-3-4-6-8-7/h3-6H,2H2,1H3,(H,9,10). The van der Waals surface area contributed by atoms with Crippen molar-refractivity contribution in [3.8, 4) is 5.88 Å². The Kier molecular flexibility index (Phi) is 3.42. The lowest BCUT2D eigenvalue weighted by Crippen LogP contribution is -1.97. The average Bonchev–Trinajstić information content (AvgIpc) is 2.04. The van der Waals surface area contributed by atoms with Gasteiger partial charge in [0.2, 0.25) is 5.88 Å². The Bertz CT molecular complexity index is 303. The Morgan fingerprint density at radius 3 is 2.92 bits per heavy atom. The highest BCUT2D eigenvalue weighted by atomic mass is 31.2. The molecule has 0 saturated heterocycles. The molecule has 0 spiro atoms. The van der Waals surface area contributed by atoms with Crippen molar-refractivity contribution in [2.45, 2.75) is 6.92 Å². The first kappa shape index (κ1) is 10.2. The van der Waals surface area contributed by atoms with Gasteiger partial charge in [0.05, 0.1) is 6.61 Å². The lowest BCUT2D eigenvalue weighted by molar-refractivity contribution is 0.211. The normalized spacial score (nSPS) is 14.9. The molecule has 1 heterocycles. The van der Waals surface area contributed by atoms with Crippen LogP contribution in [0.4, 0.5) is 0 Å². The third-order valence-corrected chi connectivity index (χ3v) is 2.14. The Morgan fingerprint density at radius 2 is 2.38 bits per heavy atom. The molecule has 0 radical (unpaired) electrons. The number of pyridine rings is 1. The van der Waals surface area contributed by atoms with Gasteiger partial charge in [-0.25, -0.2) is 9.55 Å². The van der Waals surface area contributed by atoms with Crippen molar-refractivity contribution >= 4 is 7.82 Å². The highest BCUT2D eigenvalue weighted by Crippen LogP contribution is 2.42. The van der Waals surface area contributed by atoms with Crippen molar-refractivity contribution in [1.82, 2.24) is 4.98 Å². The van der Waals surface area contributed by atoms with Gasteiger partial charge in [-0.1, -0.05) is 6.07 Å². The van der Waals surface area contributed by atoms with Crippen molar-refractivity contribution in [3.63, 3.8) is 0 Å². The van der Waals surface area contributed by atoms with E-state index < -0.39 is 7.82 Å². The molecule has 13 heavy (non-hydrogen) atoms. The van der Waals surface area contributed by atoms with Crippen molar-refractivity contribution in [3.05, 3.63) is 24.4 Å². The van der Waals surface area contributed by atoms with Gasteiger partial charge in [0.15, 0.2) is 0 Å². The van der Waals surface area contributed by atoms with E-state index >= 15 is 0 Å². The summed E-state index contributed by atoms with van der Waals surface area (Å²) in [6, 6.07) is 4.80. The molecule has 0 aliphatic rings. The van der Waals surface area contributed by atoms with Crippen LogP contribution in [-0.4, -0.2) is 16.5 Å². The minimum absolute atomic E-state index is 0.0711. The van der Waals surface area contributed by atoms with Crippen LogP contribution >= 0.6 is 7.82 Å². The van der Waals surface area contributed by atoms with Crippen LogP contribution in [0.5, 0.6) is 5.88 Å². The van der Waals surface area contributed by atoms with E-state index in [0.717, 1.165) is 0 Å². The molecule has 0 amide bonds. The van der Waals surface area contributed by atoms with E-state index in [1.807, 2.05) is 0 Å². The van der Waals surface area contributed by atoms with Crippen LogP contribution in [0.1, 0.15) is 6.92 Å². The maximum Gasteiger partial charge on any atom is 0.528 e. The lowest BCUT2D eigenvalue weighted by atomic mass is 10.5. The van der Waals surface area contributed by atoms with Gasteiger partial charge in [-0.15, -0.1) is 0 Å². The van der Waals surface area contributed by atoms with E-state index in [4.69, 9.17) is 4.89 Å². The number of hydrogen-bond donors (Lipinski definition) is 1. The Morgan fingerprint density at radius 1 is 1.62 bits per heavy atom. The third kappa shape index (κ3) is 3.55. The lowest BCUT2D eigenvalue weighted by Gasteiger charge is -2.09. The number of phosphoric ester groups is 1. The molecule has 1 unspecified atom stereocenters. The summed E-state index contributed by atoms with van der Waals surface area (Å²) in [5, 5.41) is 0. The van der Waals surface area contributed by atoms with E-state index in [1.165, 1.54) is 12.3 Å². The predicted molar refractivity (Wildman–Crippen MR) is 46.3 cm³/mol. The quantitative estimate of drug-likeness (QED) is 0.752. The van der Waals surface area contributed by atoms with Crippen molar-refractivity contribution in [2.24, 2.45) is 0 Å². The number of aromatic nitrogens is 1. The van der Waals surface area contributed by atoms with Gasteiger partial charge >= 0.3 is 7.82 Å². The van der Waals surface area contributed by atoms with Crippen LogP contribution in [0.2, 0.25) is 0 Å². The van der Waals surface area contributed by atoms with Crippen LogP contribution in [0, 0.1) is 0 Å². The molecule has 1 aromatic rings. The van der Waals surface area contributed by atoms with Crippen LogP contribution < -0.4 is 4.52 Å². The predicted octanol–water partition coefficient (Wildman–Crippen LogP) is 1.60. The molecule has 1 rings (SSSR count). The van der Waals surface area contributed by atoms with E-state index in [9.17, 15) is 4.57 Å². The maximum atomic E-state index is 11.1. The number of nitrogens with zero attached hydrogens (tertiary/aromatic N) is 1. The molecule has 0 aliphatic heterocycles. The second kappa shape index (κ2) is 4.37. The fourth-order valence-electron chi connectivity index (χ4n) is 0.709. The largest absolute Gasteiger partial charge is 0.528 e. The molecule has 1 atom stereocenters. The highest BCUT2D eigenvalue weighted by molar-refractivity contribution is 7.47. The maximum absolute atomic E-state index is 11.1. The summed E-state index contributed by atoms with van der Waals surface area (Å²) in [6.07, 6.45) is 1.46. The monoisotopic (exact) mass is 203 g/mol. The minimum Gasteiger partial charge on any atom is -0.386 e. The fraction of sp³-hybridized carbons (Fsp3) is 0.286. The molecule has 1 aromatic heterocycles. The first-order chi connectivity index (χ1) is 6.14. The van der Waals surface area contributed by atoms with E-state index in [0.29, 0.717) is 0 Å². The van der Waals surface area contributed by atoms with Gasteiger partial charge < -0.3 is 4.52 Å². The average molecular weight is 203 g/mol. The Labute approximate surface area is 76.0 Å². The molecule has 0 bridgehead atoms. The van der Waals surface area contributed by atoms with Gasteiger partial charge in [-0.05, 0) is 13.0 Å². The first-order valence-electron chi connectivity index (χ1n) is 3.72. The molecule has 1 N–H and O–H groups in total. The number of rotatable bonds is 4. The van der Waals surface area contributed by atoms with Crippen molar-refractivity contribution in [2.75, 3.05) is 6.61 Å². The van der Waals surface area contributed by atoms with Gasteiger partial charge in [0, 0.05) is 12.3 Å². The molecular weight excluding hydrogens is 193 g/mol. The molecular formula is C7H10NO4P. The van der Waals surface area contributed by atoms with E-state index in [-0.39, 0.29) is 12.5 Å². The smallest absolute Gasteiger partial charge is 0.386 e. The van der Waals surface area contributed by atoms with Gasteiger partial charge in [-0.2, -0.15) is 0 Å². The molecule has 72 valence electrons. The molecule has 6 heteroatoms. The third-order valence-electron chi connectivity index (χ3n) is 1.14. The molecule has 0 fully saturated rings. The van der Waals surface area contributed by atoms with Gasteiger partial charge in [-0.3, -0.25) is 9.42 Å². The summed E-state index contributed by atoms with van der Waals surface area (Å²) < 4.78 is 20.2. The van der Waals surface area contributed by atoms with Crippen molar-refractivity contribution < 1.29 is 18.5 Å². The fourth-order valence-corrected chi connectivity index (χ4v) is 1.43. The Balaban J connectivity index is 2.64. The molecule has 0 saturated carbocycles. The summed E-state index contributed by atoms with van der Waals surface area (Å²) >= 11 is 0. The van der Waals surface area contributed by atoms with Gasteiger partial charge in [0.1, 0.15) is 0 Å². The summed E-state index contributed by atoms with van der Waals surface area (Å²) in [4.78, 5) is 12.8. The molecule has 0 aliphatic carbocycles. The zero-order chi connectivity index (χ0) is 9.73. The summed E-state index contributed by atoms with van der Waals surface area (Å²) in [5.74, 6) is 0.0711.